The van der Waals surface area contributed by atoms with Crippen LogP contribution in [0.25, 0.3) is 5.70 Å². The summed E-state index contributed by atoms with van der Waals surface area (Å²) in [5.74, 6) is 0.826. The number of rotatable bonds is 13. The second-order valence-corrected chi connectivity index (χ2v) is 10.2. The molecule has 0 aromatic carbocycles. The predicted octanol–water partition coefficient (Wildman–Crippen LogP) is 9.77. The Morgan fingerprint density at radius 1 is 1.07 bits per heavy atom. The van der Waals surface area contributed by atoms with Gasteiger partial charge >= 0.3 is 0 Å². The Balaban J connectivity index is 0.000000564. The van der Waals surface area contributed by atoms with Crippen LogP contribution in [0.3, 0.4) is 0 Å². The van der Waals surface area contributed by atoms with Gasteiger partial charge < -0.3 is 9.88 Å². The van der Waals surface area contributed by atoms with Crippen LogP contribution in [0.1, 0.15) is 109 Å². The van der Waals surface area contributed by atoms with Crippen LogP contribution in [0.15, 0.2) is 60.0 Å². The molecule has 8 heteroatoms. The second kappa shape index (κ2) is 18.1. The number of pyridine rings is 2. The first-order chi connectivity index (χ1) is 19.7. The quantitative estimate of drug-likeness (QED) is 0.127. The number of hydrogen-bond donors (Lipinski definition) is 1. The molecule has 1 atom stereocenters. The van der Waals surface area contributed by atoms with E-state index in [0.717, 1.165) is 36.2 Å². The summed E-state index contributed by atoms with van der Waals surface area (Å²) in [5, 5.41) is 3.08. The van der Waals surface area contributed by atoms with E-state index in [9.17, 15) is 13.2 Å². The van der Waals surface area contributed by atoms with Crippen LogP contribution in [-0.2, 0) is 13.5 Å². The van der Waals surface area contributed by atoms with Crippen LogP contribution >= 0.6 is 0 Å². The Bertz CT molecular complexity index is 1250. The highest BCUT2D eigenvalue weighted by Crippen LogP contribution is 2.24. The Labute approximate surface area is 244 Å². The molecular formula is C33H46F3N5. The minimum atomic E-state index is -2.69. The zero-order valence-corrected chi connectivity index (χ0v) is 25.4. The fraction of sp³-hybridized carbons (Fsp3) is 0.485. The lowest BCUT2D eigenvalue weighted by Gasteiger charge is -2.15. The molecule has 0 radical (unpaired) electrons. The lowest BCUT2D eigenvalue weighted by Crippen LogP contribution is -2.20. The van der Waals surface area contributed by atoms with Crippen LogP contribution in [0, 0.1) is 11.7 Å². The average Bonchev–Trinajstić information content (AvgIpc) is 3.36. The number of unbranched alkanes of at least 4 members (excludes halogenated alkanes) is 3. The molecule has 0 spiro atoms. The fourth-order valence-corrected chi connectivity index (χ4v) is 4.20. The van der Waals surface area contributed by atoms with Gasteiger partial charge in [-0.2, -0.15) is 0 Å². The number of hydrogen-bond acceptors (Lipinski definition) is 3. The third kappa shape index (κ3) is 10.8. The third-order valence-electron chi connectivity index (χ3n) is 6.90. The van der Waals surface area contributed by atoms with Gasteiger partial charge in [0.2, 0.25) is 0 Å². The first kappa shape index (κ1) is 33.8. The number of anilines is 1. The first-order valence-corrected chi connectivity index (χ1v) is 14.8. The van der Waals surface area contributed by atoms with E-state index in [4.69, 9.17) is 4.99 Å². The molecule has 0 aliphatic rings. The van der Waals surface area contributed by atoms with Gasteiger partial charge in [-0.3, -0.25) is 4.98 Å². The monoisotopic (exact) mass is 569 g/mol. The van der Waals surface area contributed by atoms with E-state index in [1.165, 1.54) is 56.5 Å². The molecule has 5 nitrogen and oxygen atoms in total. The minimum Gasteiger partial charge on any atom is -0.348 e. The number of allylic oxidation sites excluding steroid dienone is 1. The van der Waals surface area contributed by atoms with Crippen molar-refractivity contribution in [3.05, 3.63) is 83.5 Å². The Kier molecular flexibility index (Phi) is 14.9. The number of aromatic nitrogens is 3. The number of halogens is 3. The summed E-state index contributed by atoms with van der Waals surface area (Å²) in [6.07, 6.45) is 12.9. The van der Waals surface area contributed by atoms with Crippen molar-refractivity contribution >= 4 is 17.2 Å². The summed E-state index contributed by atoms with van der Waals surface area (Å²) in [4.78, 5) is 12.7. The van der Waals surface area contributed by atoms with Crippen molar-refractivity contribution in [3.63, 3.8) is 0 Å². The number of aryl methyl sites for hydroxylation is 2. The van der Waals surface area contributed by atoms with Crippen molar-refractivity contribution in [1.82, 2.24) is 14.5 Å². The first-order valence-electron chi connectivity index (χ1n) is 14.8. The van der Waals surface area contributed by atoms with E-state index in [1.807, 2.05) is 43.8 Å². The highest BCUT2D eigenvalue weighted by molar-refractivity contribution is 6.10. The number of alkyl halides is 2. The smallest absolute Gasteiger partial charge is 0.280 e. The predicted molar refractivity (Wildman–Crippen MR) is 165 cm³/mol. The van der Waals surface area contributed by atoms with Crippen molar-refractivity contribution in [2.45, 2.75) is 92.4 Å². The van der Waals surface area contributed by atoms with Gasteiger partial charge in [0.05, 0.1) is 29.0 Å². The van der Waals surface area contributed by atoms with E-state index >= 15 is 0 Å². The van der Waals surface area contributed by atoms with Crippen LogP contribution < -0.4 is 5.32 Å². The van der Waals surface area contributed by atoms with Crippen molar-refractivity contribution < 1.29 is 13.2 Å². The van der Waals surface area contributed by atoms with Gasteiger partial charge in [0, 0.05) is 19.4 Å². The van der Waals surface area contributed by atoms with Crippen molar-refractivity contribution in [2.24, 2.45) is 18.0 Å². The second-order valence-electron chi connectivity index (χ2n) is 10.2. The van der Waals surface area contributed by atoms with Gasteiger partial charge in [-0.05, 0) is 48.6 Å². The minimum absolute atomic E-state index is 0.214. The number of nitrogens with one attached hydrogen (secondary N) is 1. The maximum absolute atomic E-state index is 14.4. The number of nitrogens with zero attached hydrogens (tertiary/aromatic N) is 4. The van der Waals surface area contributed by atoms with Crippen molar-refractivity contribution in [3.8, 4) is 0 Å². The maximum Gasteiger partial charge on any atom is 0.280 e. The van der Waals surface area contributed by atoms with Crippen LogP contribution in [-0.4, -0.2) is 20.4 Å². The molecule has 1 N–H and O–H groups in total. The molecule has 0 fully saturated rings. The maximum atomic E-state index is 14.4. The fourth-order valence-electron chi connectivity index (χ4n) is 4.20. The lowest BCUT2D eigenvalue weighted by atomic mass is 10.0. The SMILES string of the molecule is CCC/C=C(/N=C(Nc1ccncc1F)c1c(CC)ccn1C)c1cccc(C(F)F)n1.CCCCCC(C)CC. The van der Waals surface area contributed by atoms with E-state index in [0.29, 0.717) is 23.6 Å². The standard InChI is InChI=1S/C24H26F3N5.C9H20/c1-4-6-8-20(19-9-7-10-21(29-19)23(26)27)31-24(22-16(5-2)12-14-32(22)3)30-18-11-13-28-15-17(18)25;1-4-6-7-8-9(3)5-2/h7-15,23H,4-6H2,1-3H3,(H,28,30,31);9H,4-8H2,1-3H3/b20-8+;. The van der Waals surface area contributed by atoms with Gasteiger partial charge in [-0.25, -0.2) is 23.1 Å². The van der Waals surface area contributed by atoms with Gasteiger partial charge in [-0.15, -0.1) is 0 Å². The Hall–Kier alpha value is -3.42. The average molecular weight is 570 g/mol. The summed E-state index contributed by atoms with van der Waals surface area (Å²) in [6.45, 7) is 10.9. The third-order valence-corrected chi connectivity index (χ3v) is 6.90. The van der Waals surface area contributed by atoms with E-state index in [-0.39, 0.29) is 11.4 Å². The topological polar surface area (TPSA) is 55.1 Å². The zero-order chi connectivity index (χ0) is 30.2. The molecule has 41 heavy (non-hydrogen) atoms. The van der Waals surface area contributed by atoms with Crippen LogP contribution in [0.2, 0.25) is 0 Å². The molecule has 3 aromatic heterocycles. The molecule has 224 valence electrons. The van der Waals surface area contributed by atoms with Crippen LogP contribution in [0.4, 0.5) is 18.9 Å². The molecule has 3 rings (SSSR count). The molecule has 0 amide bonds. The summed E-state index contributed by atoms with van der Waals surface area (Å²) in [6, 6.07) is 7.96. The van der Waals surface area contributed by atoms with E-state index in [2.05, 4.69) is 36.1 Å². The summed E-state index contributed by atoms with van der Waals surface area (Å²) in [7, 11) is 1.87. The zero-order valence-electron chi connectivity index (χ0n) is 25.4. The van der Waals surface area contributed by atoms with E-state index in [1.54, 1.807) is 6.07 Å². The van der Waals surface area contributed by atoms with E-state index < -0.39 is 12.2 Å². The highest BCUT2D eigenvalue weighted by atomic mass is 19.3. The molecule has 3 aromatic rings. The molecule has 0 saturated carbocycles. The Morgan fingerprint density at radius 3 is 2.49 bits per heavy atom. The Morgan fingerprint density at radius 2 is 1.85 bits per heavy atom. The molecule has 0 aliphatic heterocycles. The largest absolute Gasteiger partial charge is 0.348 e. The molecule has 1 unspecified atom stereocenters. The van der Waals surface area contributed by atoms with Gasteiger partial charge in [-0.1, -0.05) is 85.3 Å². The molecule has 0 aliphatic carbocycles. The highest BCUT2D eigenvalue weighted by Gasteiger charge is 2.17. The molecule has 0 saturated heterocycles. The van der Waals surface area contributed by atoms with Crippen molar-refractivity contribution in [2.75, 3.05) is 5.32 Å². The summed E-state index contributed by atoms with van der Waals surface area (Å²) >= 11 is 0. The number of aliphatic imine (C=N–C) groups is 1. The van der Waals surface area contributed by atoms with Gasteiger partial charge in [0.1, 0.15) is 5.69 Å². The van der Waals surface area contributed by atoms with Gasteiger partial charge in [0.15, 0.2) is 11.7 Å². The van der Waals surface area contributed by atoms with Crippen LogP contribution in [0.5, 0.6) is 0 Å². The lowest BCUT2D eigenvalue weighted by molar-refractivity contribution is 0.146. The van der Waals surface area contributed by atoms with Gasteiger partial charge in [0.25, 0.3) is 6.43 Å². The summed E-state index contributed by atoms with van der Waals surface area (Å²) in [5.41, 5.74) is 2.45. The van der Waals surface area contributed by atoms with Crippen molar-refractivity contribution in [1.29, 1.82) is 0 Å². The molecule has 0 bridgehead atoms. The normalized spacial score (nSPS) is 12.7. The molecular weight excluding hydrogens is 523 g/mol. The molecule has 3 heterocycles. The summed E-state index contributed by atoms with van der Waals surface area (Å²) < 4.78 is 42.8. The number of amidine groups is 1.